The molecule has 2 aromatic rings. The lowest BCUT2D eigenvalue weighted by Gasteiger charge is -2.10. The predicted molar refractivity (Wildman–Crippen MR) is 83.2 cm³/mol. The fraction of sp³-hybridized carbons (Fsp3) is 0.167. The third-order valence-electron chi connectivity index (χ3n) is 3.09. The van der Waals surface area contributed by atoms with Gasteiger partial charge in [0.05, 0.1) is 11.8 Å². The summed E-state index contributed by atoms with van der Waals surface area (Å²) in [6, 6.07) is 21.2. The number of carbonyl (C=O) groups is 1. The van der Waals surface area contributed by atoms with Gasteiger partial charge >= 0.3 is 0 Å². The molecule has 0 bridgehead atoms. The number of benzene rings is 2. The molecule has 3 nitrogen and oxygen atoms in total. The minimum atomic E-state index is -0.509. The highest BCUT2D eigenvalue weighted by molar-refractivity contribution is 6.13. The Labute approximate surface area is 124 Å². The van der Waals surface area contributed by atoms with E-state index in [1.807, 2.05) is 60.7 Å². The molecule has 104 valence electrons. The first-order valence-corrected chi connectivity index (χ1v) is 6.87. The summed E-state index contributed by atoms with van der Waals surface area (Å²) in [4.78, 5) is 15.1. The van der Waals surface area contributed by atoms with E-state index >= 15 is 0 Å². The maximum absolute atomic E-state index is 10.5. The molecule has 0 aromatic heterocycles. The first kappa shape index (κ1) is 14.7. The number of nitrogens with zero attached hydrogens (tertiary/aromatic N) is 2. The third kappa shape index (κ3) is 4.12. The Kier molecular flexibility index (Phi) is 5.42. The average molecular weight is 276 g/mol. The minimum Gasteiger partial charge on any atom is -0.303 e. The van der Waals surface area contributed by atoms with Crippen molar-refractivity contribution in [1.82, 2.24) is 0 Å². The van der Waals surface area contributed by atoms with Gasteiger partial charge in [-0.1, -0.05) is 60.7 Å². The molecule has 1 atom stereocenters. The van der Waals surface area contributed by atoms with E-state index in [1.165, 1.54) is 0 Å². The maximum atomic E-state index is 10.5. The van der Waals surface area contributed by atoms with E-state index in [9.17, 15) is 10.1 Å². The molecule has 0 aliphatic carbocycles. The van der Waals surface area contributed by atoms with Crippen molar-refractivity contribution < 1.29 is 4.79 Å². The molecule has 0 fully saturated rings. The van der Waals surface area contributed by atoms with Gasteiger partial charge in [-0.15, -0.1) is 0 Å². The van der Waals surface area contributed by atoms with Gasteiger partial charge in [-0.2, -0.15) is 5.26 Å². The fourth-order valence-corrected chi connectivity index (χ4v) is 2.05. The average Bonchev–Trinajstić information content (AvgIpc) is 2.57. The zero-order valence-corrected chi connectivity index (χ0v) is 11.6. The van der Waals surface area contributed by atoms with Crippen LogP contribution in [0.4, 0.5) is 0 Å². The van der Waals surface area contributed by atoms with E-state index in [-0.39, 0.29) is 0 Å². The second-order valence-corrected chi connectivity index (χ2v) is 4.60. The van der Waals surface area contributed by atoms with Gasteiger partial charge in [0.25, 0.3) is 0 Å². The van der Waals surface area contributed by atoms with Gasteiger partial charge in [-0.3, -0.25) is 4.99 Å². The van der Waals surface area contributed by atoms with Crippen molar-refractivity contribution in [2.75, 3.05) is 0 Å². The smallest absolute Gasteiger partial charge is 0.137 e. The van der Waals surface area contributed by atoms with Crippen molar-refractivity contribution in [3.05, 3.63) is 71.8 Å². The number of aldehydes is 1. The summed E-state index contributed by atoms with van der Waals surface area (Å²) >= 11 is 0. The summed E-state index contributed by atoms with van der Waals surface area (Å²) in [5.74, 6) is 0. The van der Waals surface area contributed by atoms with Crippen molar-refractivity contribution in [1.29, 1.82) is 5.26 Å². The van der Waals surface area contributed by atoms with Crippen LogP contribution >= 0.6 is 0 Å². The molecular weight excluding hydrogens is 260 g/mol. The Balaban J connectivity index is 2.41. The first-order chi connectivity index (χ1) is 10.3. The van der Waals surface area contributed by atoms with Crippen LogP contribution in [0.15, 0.2) is 65.7 Å². The summed E-state index contributed by atoms with van der Waals surface area (Å²) in [5.41, 5.74) is 2.72. The molecule has 0 saturated heterocycles. The first-order valence-electron chi connectivity index (χ1n) is 6.87. The number of rotatable bonds is 6. The van der Waals surface area contributed by atoms with Crippen LogP contribution in [0.3, 0.4) is 0 Å². The van der Waals surface area contributed by atoms with Gasteiger partial charge in [0.15, 0.2) is 0 Å². The molecule has 0 aliphatic rings. The van der Waals surface area contributed by atoms with E-state index in [1.54, 1.807) is 0 Å². The SMILES string of the molecule is N#CC(CCC=O)N=C(c1ccccc1)c1ccccc1. The lowest BCUT2D eigenvalue weighted by molar-refractivity contribution is -0.107. The fourth-order valence-electron chi connectivity index (χ4n) is 2.05. The van der Waals surface area contributed by atoms with Crippen molar-refractivity contribution in [3.8, 4) is 6.07 Å². The molecule has 21 heavy (non-hydrogen) atoms. The summed E-state index contributed by atoms with van der Waals surface area (Å²) in [6.45, 7) is 0. The Bertz CT molecular complexity index is 600. The molecule has 0 heterocycles. The van der Waals surface area contributed by atoms with Gasteiger partial charge in [-0.05, 0) is 6.42 Å². The highest BCUT2D eigenvalue weighted by Gasteiger charge is 2.11. The minimum absolute atomic E-state index is 0.346. The number of hydrogen-bond acceptors (Lipinski definition) is 3. The van der Waals surface area contributed by atoms with E-state index in [0.29, 0.717) is 12.8 Å². The zero-order chi connectivity index (χ0) is 14.9. The number of aliphatic imine (C=N–C) groups is 1. The molecule has 0 radical (unpaired) electrons. The van der Waals surface area contributed by atoms with Crippen LogP contribution in [-0.2, 0) is 4.79 Å². The summed E-state index contributed by atoms with van der Waals surface area (Å²) < 4.78 is 0. The van der Waals surface area contributed by atoms with Gasteiger partial charge in [-0.25, -0.2) is 0 Å². The standard InChI is InChI=1S/C18H16N2O/c19-14-17(12-7-13-21)20-18(15-8-3-1-4-9-15)16-10-5-2-6-11-16/h1-6,8-11,13,17H,7,12H2. The van der Waals surface area contributed by atoms with Gasteiger partial charge in [0.1, 0.15) is 12.3 Å². The zero-order valence-electron chi connectivity index (χ0n) is 11.6. The molecule has 0 N–H and O–H groups in total. The highest BCUT2D eigenvalue weighted by atomic mass is 16.1. The van der Waals surface area contributed by atoms with Gasteiger partial charge < -0.3 is 4.79 Å². The summed E-state index contributed by atoms with van der Waals surface area (Å²) in [7, 11) is 0. The highest BCUT2D eigenvalue weighted by Crippen LogP contribution is 2.13. The molecule has 1 unspecified atom stereocenters. The van der Waals surface area contributed by atoms with Crippen molar-refractivity contribution in [2.45, 2.75) is 18.9 Å². The largest absolute Gasteiger partial charge is 0.303 e. The Morgan fingerprint density at radius 3 is 2.00 bits per heavy atom. The monoisotopic (exact) mass is 276 g/mol. The van der Waals surface area contributed by atoms with Crippen LogP contribution < -0.4 is 0 Å². The summed E-state index contributed by atoms with van der Waals surface area (Å²) in [6.07, 6.45) is 1.62. The molecule has 3 heteroatoms. The molecule has 2 rings (SSSR count). The van der Waals surface area contributed by atoms with Crippen molar-refractivity contribution in [2.24, 2.45) is 4.99 Å². The van der Waals surface area contributed by atoms with E-state index in [2.05, 4.69) is 11.1 Å². The molecular formula is C18H16N2O. The molecule has 0 spiro atoms. The Morgan fingerprint density at radius 2 is 1.57 bits per heavy atom. The lowest BCUT2D eigenvalue weighted by atomic mass is 10.0. The Hall–Kier alpha value is -2.73. The normalized spacial score (nSPS) is 11.2. The van der Waals surface area contributed by atoms with Crippen molar-refractivity contribution in [3.63, 3.8) is 0 Å². The third-order valence-corrected chi connectivity index (χ3v) is 3.09. The maximum Gasteiger partial charge on any atom is 0.137 e. The van der Waals surface area contributed by atoms with Crippen LogP contribution in [0.1, 0.15) is 24.0 Å². The summed E-state index contributed by atoms with van der Waals surface area (Å²) in [5, 5.41) is 9.22. The predicted octanol–water partition coefficient (Wildman–Crippen LogP) is 3.40. The quantitative estimate of drug-likeness (QED) is 0.600. The van der Waals surface area contributed by atoms with Crippen LogP contribution in [0.2, 0.25) is 0 Å². The number of carbonyl (C=O) groups excluding carboxylic acids is 1. The van der Waals surface area contributed by atoms with Crippen molar-refractivity contribution >= 4 is 12.0 Å². The van der Waals surface area contributed by atoms with Gasteiger partial charge in [0, 0.05) is 17.5 Å². The topological polar surface area (TPSA) is 53.2 Å². The number of nitriles is 1. The lowest BCUT2D eigenvalue weighted by Crippen LogP contribution is -2.10. The van der Waals surface area contributed by atoms with Gasteiger partial charge in [0.2, 0.25) is 0 Å². The van der Waals surface area contributed by atoms with E-state index in [4.69, 9.17) is 0 Å². The Morgan fingerprint density at radius 1 is 1.05 bits per heavy atom. The number of hydrogen-bond donors (Lipinski definition) is 0. The molecule has 2 aromatic carbocycles. The second-order valence-electron chi connectivity index (χ2n) is 4.60. The van der Waals surface area contributed by atoms with Crippen LogP contribution in [0, 0.1) is 11.3 Å². The van der Waals surface area contributed by atoms with Crippen LogP contribution in [-0.4, -0.2) is 18.0 Å². The van der Waals surface area contributed by atoms with Crippen LogP contribution in [0.25, 0.3) is 0 Å². The molecule has 0 amide bonds. The van der Waals surface area contributed by atoms with Crippen LogP contribution in [0.5, 0.6) is 0 Å². The van der Waals surface area contributed by atoms with E-state index < -0.39 is 6.04 Å². The molecule has 0 aliphatic heterocycles. The molecule has 0 saturated carbocycles. The van der Waals surface area contributed by atoms with E-state index in [0.717, 1.165) is 23.1 Å². The second kappa shape index (κ2) is 7.76.